The number of nitrogens with zero attached hydrogens (tertiary/aromatic N) is 1. The lowest BCUT2D eigenvalue weighted by atomic mass is 9.93. The van der Waals surface area contributed by atoms with E-state index in [1.807, 2.05) is 0 Å². The van der Waals surface area contributed by atoms with Crippen LogP contribution in [-0.2, 0) is 30.8 Å². The highest BCUT2D eigenvalue weighted by atomic mass is 32.2. The van der Waals surface area contributed by atoms with Crippen molar-refractivity contribution in [3.63, 3.8) is 0 Å². The monoisotopic (exact) mass is 652 g/mol. The van der Waals surface area contributed by atoms with Crippen LogP contribution in [0.1, 0.15) is 23.5 Å². The molecule has 2 atom stereocenters. The Labute approximate surface area is 264 Å². The number of nitrogens with one attached hydrogen (secondary N) is 1. The van der Waals surface area contributed by atoms with Crippen LogP contribution in [0.4, 0.5) is 4.39 Å². The number of halogens is 1. The van der Waals surface area contributed by atoms with Crippen LogP contribution in [0.3, 0.4) is 0 Å². The highest BCUT2D eigenvalue weighted by Gasteiger charge is 2.31. The lowest BCUT2D eigenvalue weighted by Gasteiger charge is -2.30. The average molecular weight is 653 g/mol. The van der Waals surface area contributed by atoms with E-state index in [-0.39, 0.29) is 48.7 Å². The third-order valence-electron chi connectivity index (χ3n) is 7.44. The Morgan fingerprint density at radius 3 is 2.52 bits per heavy atom. The van der Waals surface area contributed by atoms with Crippen molar-refractivity contribution in [2.24, 2.45) is 0 Å². The van der Waals surface area contributed by atoms with E-state index in [0.717, 1.165) is 4.31 Å². The molecule has 4 aromatic rings. The molecule has 0 bridgehead atoms. The van der Waals surface area contributed by atoms with Crippen molar-refractivity contribution in [3.8, 4) is 5.75 Å². The summed E-state index contributed by atoms with van der Waals surface area (Å²) in [5.41, 5.74) is 1.10. The molecular formula is C33H33FN2O9S. The van der Waals surface area contributed by atoms with E-state index in [1.165, 1.54) is 55.8 Å². The zero-order chi connectivity index (χ0) is 32.7. The minimum atomic E-state index is -3.99. The predicted octanol–water partition coefficient (Wildman–Crippen LogP) is 3.67. The number of allylic oxidation sites excluding steroid dienone is 1. The van der Waals surface area contributed by atoms with Crippen LogP contribution in [0.25, 0.3) is 11.0 Å². The minimum absolute atomic E-state index is 0.0156. The zero-order valence-corrected chi connectivity index (χ0v) is 25.7. The lowest BCUT2D eigenvalue weighted by molar-refractivity contribution is -0.146. The van der Waals surface area contributed by atoms with Crippen LogP contribution in [-0.4, -0.2) is 63.4 Å². The van der Waals surface area contributed by atoms with Crippen LogP contribution in [0.2, 0.25) is 0 Å². The maximum Gasteiger partial charge on any atom is 0.286 e. The van der Waals surface area contributed by atoms with Crippen LogP contribution in [0.15, 0.2) is 105 Å². The van der Waals surface area contributed by atoms with Gasteiger partial charge in [-0.05, 0) is 60.2 Å². The Hall–Kier alpha value is -4.56. The number of aliphatic hydroxyl groups excluding tert-OH is 1. The quantitative estimate of drug-likeness (QED) is 0.221. The standard InChI is InChI=1S/C33H33FN2O9S/c1-42-25-10-12-26(13-11-25)46(40,41)36(14-16-37)15-17-43-31-19-23(28-21-44-29-5-3-2-4-27(29)32(28)38)18-30(45-31)33(39)35-20-22-6-8-24(34)9-7-22/h2-13,18,21,23,31,37H,14-17,19-20H2,1H3,(H,35,39)/t23-,31+/m1/s1. The number of benzene rings is 3. The van der Waals surface area contributed by atoms with Crippen molar-refractivity contribution < 1.29 is 41.3 Å². The average Bonchev–Trinajstić information content (AvgIpc) is 3.07. The summed E-state index contributed by atoms with van der Waals surface area (Å²) in [4.78, 5) is 26.6. The third-order valence-corrected chi connectivity index (χ3v) is 9.36. The number of carbonyl (C=O) groups excluding carboxylic acids is 1. The normalized spacial score (nSPS) is 16.6. The molecule has 0 spiro atoms. The molecule has 2 heterocycles. The topological polar surface area (TPSA) is 145 Å². The fourth-order valence-electron chi connectivity index (χ4n) is 5.00. The first kappa shape index (κ1) is 32.8. The van der Waals surface area contributed by atoms with Gasteiger partial charge in [-0.25, -0.2) is 12.8 Å². The van der Waals surface area contributed by atoms with Gasteiger partial charge in [-0.15, -0.1) is 0 Å². The Kier molecular flexibility index (Phi) is 10.5. The lowest BCUT2D eigenvalue weighted by Crippen LogP contribution is -2.38. The molecule has 1 aliphatic heterocycles. The summed E-state index contributed by atoms with van der Waals surface area (Å²) in [6.45, 7) is -0.790. The summed E-state index contributed by atoms with van der Waals surface area (Å²) < 4.78 is 63.6. The van der Waals surface area contributed by atoms with E-state index >= 15 is 0 Å². The molecule has 0 unspecified atom stereocenters. The van der Waals surface area contributed by atoms with Crippen LogP contribution in [0.5, 0.6) is 5.75 Å². The number of aliphatic hydroxyl groups is 1. The SMILES string of the molecule is COc1ccc(S(=O)(=O)N(CCO)CCO[C@@H]2C[C@H](c3coc4ccccc4c3=O)C=C(C(=O)NCc3ccc(F)cc3)O2)cc1. The van der Waals surface area contributed by atoms with Gasteiger partial charge in [0.2, 0.25) is 16.3 Å². The van der Waals surface area contributed by atoms with Gasteiger partial charge in [0.05, 0.1) is 36.9 Å². The van der Waals surface area contributed by atoms with Crippen molar-refractivity contribution in [1.29, 1.82) is 0 Å². The van der Waals surface area contributed by atoms with Gasteiger partial charge in [-0.1, -0.05) is 24.3 Å². The minimum Gasteiger partial charge on any atom is -0.497 e. The van der Waals surface area contributed by atoms with E-state index in [0.29, 0.717) is 27.8 Å². The molecule has 0 aliphatic carbocycles. The molecule has 11 nitrogen and oxygen atoms in total. The molecule has 1 aliphatic rings. The van der Waals surface area contributed by atoms with Gasteiger partial charge in [0.25, 0.3) is 5.91 Å². The fraction of sp³-hybridized carbons (Fsp3) is 0.273. The van der Waals surface area contributed by atoms with Crippen molar-refractivity contribution >= 4 is 26.9 Å². The number of hydrogen-bond donors (Lipinski definition) is 2. The highest BCUT2D eigenvalue weighted by Crippen LogP contribution is 2.31. The molecule has 0 saturated carbocycles. The highest BCUT2D eigenvalue weighted by molar-refractivity contribution is 7.89. The second-order valence-corrected chi connectivity index (χ2v) is 12.4. The Bertz CT molecular complexity index is 1860. The number of rotatable bonds is 13. The molecule has 46 heavy (non-hydrogen) atoms. The van der Waals surface area contributed by atoms with E-state index in [9.17, 15) is 27.5 Å². The van der Waals surface area contributed by atoms with Crippen LogP contribution in [0, 0.1) is 5.82 Å². The summed E-state index contributed by atoms with van der Waals surface area (Å²) in [6.07, 6.45) is 1.97. The Morgan fingerprint density at radius 1 is 1.07 bits per heavy atom. The van der Waals surface area contributed by atoms with Gasteiger partial charge in [0.1, 0.15) is 17.1 Å². The maximum absolute atomic E-state index is 13.4. The molecule has 1 aromatic heterocycles. The third kappa shape index (κ3) is 7.62. The van der Waals surface area contributed by atoms with E-state index in [1.54, 1.807) is 36.4 Å². The fourth-order valence-corrected chi connectivity index (χ4v) is 6.42. The first-order valence-electron chi connectivity index (χ1n) is 14.5. The smallest absolute Gasteiger partial charge is 0.286 e. The molecule has 0 fully saturated rings. The second kappa shape index (κ2) is 14.7. The maximum atomic E-state index is 13.4. The summed E-state index contributed by atoms with van der Waals surface area (Å²) in [7, 11) is -2.52. The van der Waals surface area contributed by atoms with Gasteiger partial charge in [0.15, 0.2) is 11.2 Å². The summed E-state index contributed by atoms with van der Waals surface area (Å²) >= 11 is 0. The second-order valence-electron chi connectivity index (χ2n) is 10.4. The Morgan fingerprint density at radius 2 is 1.80 bits per heavy atom. The van der Waals surface area contributed by atoms with Crippen molar-refractivity contribution in [2.45, 2.75) is 30.1 Å². The van der Waals surface area contributed by atoms with Crippen LogP contribution >= 0.6 is 0 Å². The van der Waals surface area contributed by atoms with E-state index in [4.69, 9.17) is 18.6 Å². The summed E-state index contributed by atoms with van der Waals surface area (Å²) in [5.74, 6) is -1.24. The molecule has 2 N–H and O–H groups in total. The number of methoxy groups -OCH3 is 1. The number of hydrogen-bond acceptors (Lipinski definition) is 9. The molecular weight excluding hydrogens is 619 g/mol. The molecule has 3 aromatic carbocycles. The van der Waals surface area contributed by atoms with Gasteiger partial charge >= 0.3 is 0 Å². The van der Waals surface area contributed by atoms with Gasteiger partial charge in [0, 0.05) is 37.5 Å². The molecule has 0 saturated heterocycles. The van der Waals surface area contributed by atoms with Gasteiger partial charge < -0.3 is 29.1 Å². The number of fused-ring (bicyclic) bond motifs is 1. The molecule has 5 rings (SSSR count). The van der Waals surface area contributed by atoms with E-state index < -0.39 is 40.6 Å². The van der Waals surface area contributed by atoms with Gasteiger partial charge in [-0.2, -0.15) is 4.31 Å². The number of carbonyl (C=O) groups is 1. The number of sulfonamides is 1. The number of amides is 1. The van der Waals surface area contributed by atoms with Crippen molar-refractivity contribution in [2.75, 3.05) is 33.4 Å². The zero-order valence-electron chi connectivity index (χ0n) is 24.9. The van der Waals surface area contributed by atoms with Crippen molar-refractivity contribution in [3.05, 3.63) is 118 Å². The summed E-state index contributed by atoms with van der Waals surface area (Å²) in [5, 5.41) is 12.7. The first-order valence-corrected chi connectivity index (χ1v) is 15.9. The van der Waals surface area contributed by atoms with Gasteiger partial charge in [-0.3, -0.25) is 9.59 Å². The molecule has 242 valence electrons. The molecule has 0 radical (unpaired) electrons. The van der Waals surface area contributed by atoms with Crippen LogP contribution < -0.4 is 15.5 Å². The van der Waals surface area contributed by atoms with E-state index in [2.05, 4.69) is 5.32 Å². The first-order chi connectivity index (χ1) is 22.2. The largest absolute Gasteiger partial charge is 0.497 e. The van der Waals surface area contributed by atoms with Crippen molar-refractivity contribution in [1.82, 2.24) is 9.62 Å². The summed E-state index contributed by atoms with van der Waals surface area (Å²) in [6, 6.07) is 18.3. The predicted molar refractivity (Wildman–Crippen MR) is 166 cm³/mol. The Balaban J connectivity index is 1.34. The number of ether oxygens (including phenoxy) is 3. The molecule has 1 amide bonds. The number of para-hydroxylation sites is 1. The molecule has 13 heteroatoms.